The van der Waals surface area contributed by atoms with E-state index < -0.39 is 0 Å². The van der Waals surface area contributed by atoms with E-state index in [2.05, 4.69) is 17.3 Å². The molecular formula is C8H14N2OY-2. The van der Waals surface area contributed by atoms with Crippen LogP contribution < -0.4 is 5.32 Å². The van der Waals surface area contributed by atoms with Crippen LogP contribution in [-0.4, -0.2) is 38.0 Å². The second-order valence-corrected chi connectivity index (χ2v) is 3.01. The Balaban J connectivity index is 0.00000121. The van der Waals surface area contributed by atoms with Crippen LogP contribution in [0.2, 0.25) is 0 Å². The fourth-order valence-corrected chi connectivity index (χ4v) is 1.27. The molecule has 4 heteroatoms. The van der Waals surface area contributed by atoms with Gasteiger partial charge in [-0.05, 0) is 20.1 Å². The van der Waals surface area contributed by atoms with Crippen LogP contribution in [0.5, 0.6) is 0 Å². The zero-order valence-electron chi connectivity index (χ0n) is 7.47. The van der Waals surface area contributed by atoms with Crippen LogP contribution in [0.15, 0.2) is 0 Å². The molecule has 0 aromatic rings. The molecule has 1 rings (SSSR count). The van der Waals surface area contributed by atoms with Crippen molar-refractivity contribution >= 4 is 6.41 Å². The Morgan fingerprint density at radius 2 is 2.08 bits per heavy atom. The van der Waals surface area contributed by atoms with Gasteiger partial charge in [-0.25, -0.2) is 0 Å². The van der Waals surface area contributed by atoms with E-state index in [1.807, 2.05) is 0 Å². The van der Waals surface area contributed by atoms with Crippen LogP contribution in [0.1, 0.15) is 12.8 Å². The van der Waals surface area contributed by atoms with Crippen molar-refractivity contribution in [3.63, 3.8) is 0 Å². The third-order valence-electron chi connectivity index (χ3n) is 2.10. The third kappa shape index (κ3) is 4.53. The number of hydrogen-bond acceptors (Lipinski definition) is 2. The second-order valence-electron chi connectivity index (χ2n) is 3.01. The largest absolute Gasteiger partial charge is 0.554 e. The van der Waals surface area contributed by atoms with Crippen LogP contribution in [0.25, 0.3) is 0 Å². The summed E-state index contributed by atoms with van der Waals surface area (Å²) in [5, 5.41) is 2.57. The van der Waals surface area contributed by atoms with E-state index in [1.54, 1.807) is 6.41 Å². The molecule has 1 fully saturated rings. The van der Waals surface area contributed by atoms with Gasteiger partial charge in [0.15, 0.2) is 0 Å². The maximum Gasteiger partial charge on any atom is 0 e. The predicted octanol–water partition coefficient (Wildman–Crippen LogP) is -0.0592. The molecule has 0 saturated carbocycles. The van der Waals surface area contributed by atoms with Crippen molar-refractivity contribution in [1.29, 1.82) is 0 Å². The summed E-state index contributed by atoms with van der Waals surface area (Å²) in [6, 6.07) is 0. The summed E-state index contributed by atoms with van der Waals surface area (Å²) in [5.41, 5.74) is 0. The van der Waals surface area contributed by atoms with Crippen molar-refractivity contribution in [3.8, 4) is 0 Å². The van der Waals surface area contributed by atoms with Crippen molar-refractivity contribution in [2.45, 2.75) is 12.8 Å². The summed E-state index contributed by atoms with van der Waals surface area (Å²) in [7, 11) is 2.12. The number of hydrogen-bond donors (Lipinski definition) is 1. The second kappa shape index (κ2) is 6.99. The van der Waals surface area contributed by atoms with Gasteiger partial charge in [0.05, 0.1) is 0 Å². The number of nitrogens with one attached hydrogen (secondary N) is 1. The summed E-state index contributed by atoms with van der Waals surface area (Å²) in [6.07, 6.45) is 3.92. The summed E-state index contributed by atoms with van der Waals surface area (Å²) < 4.78 is 0. The van der Waals surface area contributed by atoms with Crippen molar-refractivity contribution in [3.05, 3.63) is 5.92 Å². The molecule has 0 spiro atoms. The van der Waals surface area contributed by atoms with Gasteiger partial charge in [-0.2, -0.15) is 19.3 Å². The first-order valence-electron chi connectivity index (χ1n) is 3.95. The SMILES string of the molecule is CN1CC[C-](CN[C-]=O)CC1.[Y]. The number of amides is 1. The van der Waals surface area contributed by atoms with Gasteiger partial charge in [0.25, 0.3) is 0 Å². The molecule has 1 saturated heterocycles. The van der Waals surface area contributed by atoms with Gasteiger partial charge in [-0.15, -0.1) is 6.54 Å². The average Bonchev–Trinajstić information content (AvgIpc) is 2.04. The smallest absolute Gasteiger partial charge is 0 e. The van der Waals surface area contributed by atoms with E-state index in [9.17, 15) is 4.79 Å². The molecule has 0 bridgehead atoms. The molecule has 3 nitrogen and oxygen atoms in total. The fourth-order valence-electron chi connectivity index (χ4n) is 1.27. The molecule has 1 amide bonds. The quantitative estimate of drug-likeness (QED) is 0.556. The number of piperidine rings is 1. The van der Waals surface area contributed by atoms with Crippen molar-refractivity contribution in [2.75, 3.05) is 26.7 Å². The van der Waals surface area contributed by atoms with Crippen molar-refractivity contribution in [1.82, 2.24) is 10.2 Å². The number of carbonyl (C=O) groups excluding carboxylic acids is 1. The van der Waals surface area contributed by atoms with Crippen LogP contribution in [0, 0.1) is 5.92 Å². The first-order chi connectivity index (χ1) is 5.33. The van der Waals surface area contributed by atoms with Crippen LogP contribution in [0.3, 0.4) is 0 Å². The molecule has 0 aliphatic carbocycles. The molecule has 0 aromatic heterocycles. The van der Waals surface area contributed by atoms with E-state index in [0.717, 1.165) is 32.5 Å². The topological polar surface area (TPSA) is 32.3 Å². The van der Waals surface area contributed by atoms with Gasteiger partial charge in [0, 0.05) is 32.7 Å². The Labute approximate surface area is 99.1 Å². The molecule has 1 heterocycles. The Morgan fingerprint density at radius 1 is 1.50 bits per heavy atom. The van der Waals surface area contributed by atoms with Gasteiger partial charge < -0.3 is 15.0 Å². The van der Waals surface area contributed by atoms with Crippen LogP contribution in [0.4, 0.5) is 0 Å². The van der Waals surface area contributed by atoms with Crippen LogP contribution >= 0.6 is 0 Å². The standard InChI is InChI=1S/C8H14N2O.Y/c1-10-4-2-8(3-5-10)6-9-7-11;/h2-6H2,1H3,(H,9,11);/q-2;. The van der Waals surface area contributed by atoms with Gasteiger partial charge in [0.1, 0.15) is 0 Å². The number of nitrogens with zero attached hydrogens (tertiary/aromatic N) is 1. The van der Waals surface area contributed by atoms with E-state index in [4.69, 9.17) is 0 Å². The minimum Gasteiger partial charge on any atom is -0.554 e. The maximum absolute atomic E-state index is 9.85. The summed E-state index contributed by atoms with van der Waals surface area (Å²) in [4.78, 5) is 12.2. The zero-order valence-corrected chi connectivity index (χ0v) is 10.3. The Kier molecular flexibility index (Phi) is 7.30. The van der Waals surface area contributed by atoms with Gasteiger partial charge in [-0.1, -0.05) is 0 Å². The first-order valence-corrected chi connectivity index (χ1v) is 3.95. The number of rotatable bonds is 3. The molecule has 0 unspecified atom stereocenters. The van der Waals surface area contributed by atoms with E-state index >= 15 is 0 Å². The van der Waals surface area contributed by atoms with E-state index in [1.165, 1.54) is 5.92 Å². The van der Waals surface area contributed by atoms with Gasteiger partial charge in [0.2, 0.25) is 0 Å². The summed E-state index contributed by atoms with van der Waals surface area (Å²) in [6.45, 7) is 2.96. The monoisotopic (exact) mass is 243 g/mol. The minimum atomic E-state index is 0. The molecular weight excluding hydrogens is 229 g/mol. The molecule has 1 aliphatic heterocycles. The minimum absolute atomic E-state index is 0. The first kappa shape index (κ1) is 12.5. The Hall–Kier alpha value is 0.534. The molecule has 0 atom stereocenters. The maximum atomic E-state index is 9.85. The third-order valence-corrected chi connectivity index (χ3v) is 2.10. The molecule has 67 valence electrons. The molecule has 12 heavy (non-hydrogen) atoms. The number of likely N-dealkylation sites (tertiary alicyclic amines) is 1. The fraction of sp³-hybridized carbons (Fsp3) is 0.750. The van der Waals surface area contributed by atoms with Gasteiger partial charge in [-0.3, -0.25) is 5.92 Å². The van der Waals surface area contributed by atoms with Gasteiger partial charge >= 0.3 is 0 Å². The zero-order chi connectivity index (χ0) is 8.10. The van der Waals surface area contributed by atoms with Crippen molar-refractivity contribution in [2.24, 2.45) is 0 Å². The normalized spacial score (nSPS) is 19.8. The van der Waals surface area contributed by atoms with Crippen molar-refractivity contribution < 1.29 is 37.5 Å². The molecule has 1 radical (unpaired) electrons. The summed E-state index contributed by atoms with van der Waals surface area (Å²) >= 11 is 0. The summed E-state index contributed by atoms with van der Waals surface area (Å²) in [5.74, 6) is 1.44. The molecule has 1 N–H and O–H groups in total. The molecule has 0 aromatic carbocycles. The van der Waals surface area contributed by atoms with E-state index in [0.29, 0.717) is 0 Å². The van der Waals surface area contributed by atoms with Crippen LogP contribution in [-0.2, 0) is 37.5 Å². The average molecular weight is 243 g/mol. The van der Waals surface area contributed by atoms with E-state index in [-0.39, 0.29) is 32.7 Å². The Morgan fingerprint density at radius 3 is 2.58 bits per heavy atom. The Bertz CT molecular complexity index is 124. The molecule has 1 aliphatic rings. The predicted molar refractivity (Wildman–Crippen MR) is 43.7 cm³/mol.